The number of hydrogen-bond acceptors (Lipinski definition) is 7. The van der Waals surface area contributed by atoms with Gasteiger partial charge in [0.1, 0.15) is 0 Å². The first kappa shape index (κ1) is 21.7. The summed E-state index contributed by atoms with van der Waals surface area (Å²) in [7, 11) is 0. The Kier molecular flexibility index (Phi) is 5.76. The van der Waals surface area contributed by atoms with Crippen LogP contribution in [-0.2, 0) is 12.8 Å². The number of benzene rings is 2. The molecule has 1 heterocycles. The molecule has 4 N–H and O–H groups in total. The maximum atomic E-state index is 13.2. The molecule has 2 aromatic carbocycles. The highest BCUT2D eigenvalue weighted by Crippen LogP contribution is 2.31. The first-order valence-electron chi connectivity index (χ1n) is 11.4. The molecule has 1 aromatic heterocycles. The molecule has 0 fully saturated rings. The summed E-state index contributed by atoms with van der Waals surface area (Å²) < 4.78 is 0. The summed E-state index contributed by atoms with van der Waals surface area (Å²) in [5, 5.41) is 0. The number of anilines is 2. The standard InChI is InChI=1S/C27H25N5O2/c28-20-5-1-3-7-24(20)30-14-16-9-11-22-18(26(16)33)13-19-23(32-22)12-10-17(27(19)34)15-31-25-8-4-2-6-21(25)29/h1-8,13-17H,9-12,28-29H2. The van der Waals surface area contributed by atoms with Crippen molar-refractivity contribution in [2.24, 2.45) is 21.8 Å². The maximum Gasteiger partial charge on any atom is 0.173 e. The van der Waals surface area contributed by atoms with Crippen molar-refractivity contribution in [2.75, 3.05) is 11.5 Å². The zero-order valence-electron chi connectivity index (χ0n) is 18.6. The van der Waals surface area contributed by atoms with Gasteiger partial charge in [-0.25, -0.2) is 0 Å². The third-order valence-corrected chi connectivity index (χ3v) is 6.43. The van der Waals surface area contributed by atoms with Gasteiger partial charge in [0.2, 0.25) is 0 Å². The number of nitrogens with two attached hydrogens (primary N) is 2. The Bertz CT molecular complexity index is 1250. The van der Waals surface area contributed by atoms with Crippen LogP contribution >= 0.6 is 0 Å². The third kappa shape index (κ3) is 4.12. The molecule has 2 unspecified atom stereocenters. The topological polar surface area (TPSA) is 124 Å². The zero-order chi connectivity index (χ0) is 23.7. The van der Waals surface area contributed by atoms with Gasteiger partial charge >= 0.3 is 0 Å². The van der Waals surface area contributed by atoms with Gasteiger partial charge in [-0.3, -0.25) is 24.6 Å². The van der Waals surface area contributed by atoms with E-state index in [1.807, 2.05) is 36.4 Å². The van der Waals surface area contributed by atoms with Gasteiger partial charge < -0.3 is 11.5 Å². The lowest BCUT2D eigenvalue weighted by atomic mass is 9.81. The number of aryl methyl sites for hydroxylation is 2. The third-order valence-electron chi connectivity index (χ3n) is 6.43. The van der Waals surface area contributed by atoms with Crippen molar-refractivity contribution in [1.29, 1.82) is 0 Å². The lowest BCUT2D eigenvalue weighted by molar-refractivity contribution is 0.0939. The van der Waals surface area contributed by atoms with E-state index in [1.165, 1.54) is 0 Å². The predicted octanol–water partition coefficient (Wildman–Crippen LogP) is 4.54. The number of rotatable bonds is 4. The smallest absolute Gasteiger partial charge is 0.173 e. The van der Waals surface area contributed by atoms with Crippen molar-refractivity contribution in [2.45, 2.75) is 25.7 Å². The van der Waals surface area contributed by atoms with Gasteiger partial charge in [0.15, 0.2) is 11.6 Å². The highest BCUT2D eigenvalue weighted by atomic mass is 16.1. The van der Waals surface area contributed by atoms with Crippen molar-refractivity contribution in [1.82, 2.24) is 4.98 Å². The normalized spacial score (nSPS) is 20.0. The summed E-state index contributed by atoms with van der Waals surface area (Å²) in [4.78, 5) is 40.1. The number of carbonyl (C=O) groups excluding carboxylic acids is 2. The number of nitrogens with zero attached hydrogens (tertiary/aromatic N) is 3. The van der Waals surface area contributed by atoms with E-state index in [-0.39, 0.29) is 23.4 Å². The van der Waals surface area contributed by atoms with Crippen LogP contribution in [0.3, 0.4) is 0 Å². The molecule has 0 aliphatic heterocycles. The molecule has 0 radical (unpaired) electrons. The molecule has 2 aliphatic carbocycles. The van der Waals surface area contributed by atoms with Gasteiger partial charge in [0, 0.05) is 23.6 Å². The van der Waals surface area contributed by atoms with Crippen LogP contribution in [0.15, 0.2) is 64.6 Å². The number of ketones is 2. The molecule has 3 aromatic rings. The monoisotopic (exact) mass is 451 g/mol. The number of Topliss-reactive ketones (excluding diaryl/α,β-unsaturated/α-hetero) is 2. The van der Waals surface area contributed by atoms with Crippen molar-refractivity contribution in [3.8, 4) is 0 Å². The van der Waals surface area contributed by atoms with Crippen LogP contribution in [0.2, 0.25) is 0 Å². The minimum absolute atomic E-state index is 0.0598. The molecule has 0 bridgehead atoms. The quantitative estimate of drug-likeness (QED) is 0.445. The van der Waals surface area contributed by atoms with Gasteiger partial charge in [-0.15, -0.1) is 0 Å². The number of fused-ring (bicyclic) bond motifs is 2. The van der Waals surface area contributed by atoms with Gasteiger partial charge in [-0.2, -0.15) is 0 Å². The molecule has 7 nitrogen and oxygen atoms in total. The number of para-hydroxylation sites is 4. The molecule has 7 heteroatoms. The highest BCUT2D eigenvalue weighted by molar-refractivity contribution is 6.12. The average molecular weight is 452 g/mol. The van der Waals surface area contributed by atoms with Crippen molar-refractivity contribution >= 4 is 46.7 Å². The van der Waals surface area contributed by atoms with Gasteiger partial charge in [-0.05, 0) is 56.0 Å². The molecule has 5 rings (SSSR count). The largest absolute Gasteiger partial charge is 0.397 e. The SMILES string of the molecule is Nc1ccccc1N=CC1CCc2nc3c(cc2C1=O)C(=O)C(C=Nc1ccccc1N)CC3. The Morgan fingerprint density at radius 2 is 1.18 bits per heavy atom. The highest BCUT2D eigenvalue weighted by Gasteiger charge is 2.33. The molecule has 34 heavy (non-hydrogen) atoms. The Morgan fingerprint density at radius 3 is 1.62 bits per heavy atom. The first-order chi connectivity index (χ1) is 16.5. The van der Waals surface area contributed by atoms with E-state index in [9.17, 15) is 9.59 Å². The van der Waals surface area contributed by atoms with E-state index in [0.717, 1.165) is 11.4 Å². The summed E-state index contributed by atoms with van der Waals surface area (Å²) in [5.74, 6) is -0.862. The number of carbonyl (C=O) groups is 2. The van der Waals surface area contributed by atoms with E-state index in [1.54, 1.807) is 30.6 Å². The Hall–Kier alpha value is -4.13. The van der Waals surface area contributed by atoms with E-state index in [4.69, 9.17) is 16.5 Å². The lowest BCUT2D eigenvalue weighted by Gasteiger charge is -2.25. The second-order valence-corrected chi connectivity index (χ2v) is 8.67. The predicted molar refractivity (Wildman–Crippen MR) is 135 cm³/mol. The minimum atomic E-state index is -0.371. The molecule has 2 atom stereocenters. The minimum Gasteiger partial charge on any atom is -0.397 e. The van der Waals surface area contributed by atoms with Gasteiger partial charge in [0.05, 0.1) is 46.0 Å². The van der Waals surface area contributed by atoms with E-state index < -0.39 is 0 Å². The zero-order valence-corrected chi connectivity index (χ0v) is 18.6. The molecule has 2 aliphatic rings. The molecule has 0 saturated carbocycles. The van der Waals surface area contributed by atoms with E-state index in [2.05, 4.69) is 9.98 Å². The van der Waals surface area contributed by atoms with Crippen LogP contribution < -0.4 is 11.5 Å². The van der Waals surface area contributed by atoms with Crippen LogP contribution in [0.5, 0.6) is 0 Å². The molecular weight excluding hydrogens is 426 g/mol. The number of hydrogen-bond donors (Lipinski definition) is 2. The summed E-state index contributed by atoms with van der Waals surface area (Å²) in [5.41, 5.74) is 16.9. The first-order valence-corrected chi connectivity index (χ1v) is 11.4. The van der Waals surface area contributed by atoms with Crippen molar-refractivity contribution < 1.29 is 9.59 Å². The maximum absolute atomic E-state index is 13.2. The fourth-order valence-electron chi connectivity index (χ4n) is 4.48. The Labute approximate surface area is 197 Å². The number of aliphatic imine (C=N–C) groups is 2. The fraction of sp³-hybridized carbons (Fsp3) is 0.222. The molecule has 0 spiro atoms. The van der Waals surface area contributed by atoms with E-state index in [0.29, 0.717) is 59.6 Å². The molecule has 170 valence electrons. The summed E-state index contributed by atoms with van der Waals surface area (Å²) in [6.07, 6.45) is 5.93. The van der Waals surface area contributed by atoms with Gasteiger partial charge in [-0.1, -0.05) is 24.3 Å². The number of nitrogen functional groups attached to an aromatic ring is 2. The molecular formula is C27H25N5O2. The van der Waals surface area contributed by atoms with Crippen LogP contribution in [0, 0.1) is 11.8 Å². The molecule has 0 saturated heterocycles. The van der Waals surface area contributed by atoms with Crippen LogP contribution in [0.4, 0.5) is 22.7 Å². The fourth-order valence-corrected chi connectivity index (χ4v) is 4.48. The van der Waals surface area contributed by atoms with Crippen LogP contribution in [-0.4, -0.2) is 29.0 Å². The van der Waals surface area contributed by atoms with Crippen molar-refractivity contribution in [3.05, 3.63) is 77.1 Å². The number of pyridine rings is 1. The second kappa shape index (κ2) is 9.02. The Morgan fingerprint density at radius 1 is 0.735 bits per heavy atom. The summed E-state index contributed by atoms with van der Waals surface area (Å²) >= 11 is 0. The second-order valence-electron chi connectivity index (χ2n) is 8.67. The van der Waals surface area contributed by atoms with Crippen LogP contribution in [0.25, 0.3) is 0 Å². The van der Waals surface area contributed by atoms with Gasteiger partial charge in [0.25, 0.3) is 0 Å². The Balaban J connectivity index is 1.39. The summed E-state index contributed by atoms with van der Waals surface area (Å²) in [6.45, 7) is 0. The number of aromatic nitrogens is 1. The lowest BCUT2D eigenvalue weighted by Crippen LogP contribution is -2.29. The summed E-state index contributed by atoms with van der Waals surface area (Å²) in [6, 6.07) is 16.3. The average Bonchev–Trinajstić information content (AvgIpc) is 2.84. The molecule has 0 amide bonds. The van der Waals surface area contributed by atoms with Crippen molar-refractivity contribution in [3.63, 3.8) is 0 Å². The van der Waals surface area contributed by atoms with E-state index >= 15 is 0 Å². The van der Waals surface area contributed by atoms with Crippen LogP contribution in [0.1, 0.15) is 44.9 Å².